The highest BCUT2D eigenvalue weighted by Crippen LogP contribution is 2.25. The molecule has 154 valence electrons. The molecule has 0 saturated carbocycles. The molecule has 0 radical (unpaired) electrons. The lowest BCUT2D eigenvalue weighted by Gasteiger charge is -2.12. The zero-order valence-corrected chi connectivity index (χ0v) is 17.3. The van der Waals surface area contributed by atoms with Crippen LogP contribution in [0.25, 0.3) is 11.0 Å². The van der Waals surface area contributed by atoms with Gasteiger partial charge in [0.1, 0.15) is 0 Å². The van der Waals surface area contributed by atoms with Gasteiger partial charge in [0.2, 0.25) is 0 Å². The summed E-state index contributed by atoms with van der Waals surface area (Å²) in [6.45, 7) is 7.52. The number of hydrogen-bond donors (Lipinski definition) is 1. The van der Waals surface area contributed by atoms with E-state index in [1.165, 1.54) is 0 Å². The second-order valence-electron chi connectivity index (χ2n) is 7.48. The van der Waals surface area contributed by atoms with E-state index in [4.69, 9.17) is 10.00 Å². The van der Waals surface area contributed by atoms with Crippen LogP contribution in [0.4, 0.5) is 5.69 Å². The summed E-state index contributed by atoms with van der Waals surface area (Å²) in [5.74, 6) is -0.973. The Kier molecular flexibility index (Phi) is 6.11. The number of anilines is 1. The first kappa shape index (κ1) is 21.0. The van der Waals surface area contributed by atoms with Crippen molar-refractivity contribution in [3.05, 3.63) is 53.3 Å². The summed E-state index contributed by atoms with van der Waals surface area (Å²) in [6, 6.07) is 10.2. The molecule has 0 atom stereocenters. The van der Waals surface area contributed by atoms with Crippen molar-refractivity contribution >= 4 is 28.6 Å². The minimum Gasteiger partial charge on any atom is -0.452 e. The van der Waals surface area contributed by atoms with Gasteiger partial charge in [-0.2, -0.15) is 10.4 Å². The number of aromatic nitrogens is 3. The number of nitrogens with zero attached hydrogens (tertiary/aromatic N) is 4. The van der Waals surface area contributed by atoms with Crippen LogP contribution in [0.15, 0.2) is 36.5 Å². The van der Waals surface area contributed by atoms with Gasteiger partial charge in [-0.25, -0.2) is 14.5 Å². The summed E-state index contributed by atoms with van der Waals surface area (Å²) in [5.41, 5.74) is 2.71. The van der Waals surface area contributed by atoms with E-state index < -0.39 is 18.5 Å². The number of ether oxygens (including phenoxy) is 1. The zero-order valence-electron chi connectivity index (χ0n) is 17.3. The molecule has 0 saturated heterocycles. The summed E-state index contributed by atoms with van der Waals surface area (Å²) in [5, 5.41) is 16.4. The molecule has 0 aliphatic rings. The molecule has 2 heterocycles. The molecule has 0 aliphatic heterocycles. The van der Waals surface area contributed by atoms with Gasteiger partial charge in [-0.1, -0.05) is 13.8 Å². The summed E-state index contributed by atoms with van der Waals surface area (Å²) >= 11 is 0. The first-order chi connectivity index (χ1) is 14.3. The van der Waals surface area contributed by atoms with Crippen molar-refractivity contribution in [2.45, 2.75) is 39.7 Å². The number of hydrogen-bond acceptors (Lipinski definition) is 6. The number of amides is 1. The van der Waals surface area contributed by atoms with E-state index in [0.29, 0.717) is 27.8 Å². The Morgan fingerprint density at radius 2 is 1.90 bits per heavy atom. The smallest absolute Gasteiger partial charge is 0.339 e. The molecule has 30 heavy (non-hydrogen) atoms. The van der Waals surface area contributed by atoms with Crippen molar-refractivity contribution < 1.29 is 14.3 Å². The number of carbonyl (C=O) groups is 2. The van der Waals surface area contributed by atoms with Gasteiger partial charge in [0.15, 0.2) is 12.3 Å². The standard InChI is InChI=1S/C22H23N5O3/c1-13(2)19-9-17(18-11-24-27(14(3)4)21(18)26-19)22(29)30-12-20(28)25-16-7-5-15(10-23)6-8-16/h5-9,11,13-14H,12H2,1-4H3,(H,25,28). The molecule has 1 amide bonds. The maximum Gasteiger partial charge on any atom is 0.339 e. The Morgan fingerprint density at radius 1 is 1.20 bits per heavy atom. The van der Waals surface area contributed by atoms with Crippen LogP contribution >= 0.6 is 0 Å². The number of fused-ring (bicyclic) bond motifs is 1. The first-order valence-electron chi connectivity index (χ1n) is 9.65. The van der Waals surface area contributed by atoms with Gasteiger partial charge in [0, 0.05) is 17.4 Å². The molecule has 8 nitrogen and oxygen atoms in total. The predicted octanol–water partition coefficient (Wildman–Crippen LogP) is 3.80. The Labute approximate surface area is 174 Å². The van der Waals surface area contributed by atoms with Gasteiger partial charge in [-0.05, 0) is 50.1 Å². The molecule has 3 rings (SSSR count). The molecule has 0 spiro atoms. The molecule has 0 fully saturated rings. The fourth-order valence-electron chi connectivity index (χ4n) is 2.91. The highest BCUT2D eigenvalue weighted by Gasteiger charge is 2.20. The molecule has 0 aliphatic carbocycles. The maximum absolute atomic E-state index is 12.7. The largest absolute Gasteiger partial charge is 0.452 e. The van der Waals surface area contributed by atoms with Crippen LogP contribution in [0.5, 0.6) is 0 Å². The molecule has 3 aromatic rings. The van der Waals surface area contributed by atoms with E-state index in [-0.39, 0.29) is 12.0 Å². The third-order valence-corrected chi connectivity index (χ3v) is 4.52. The summed E-state index contributed by atoms with van der Waals surface area (Å²) < 4.78 is 7.01. The van der Waals surface area contributed by atoms with Crippen molar-refractivity contribution in [2.24, 2.45) is 0 Å². The van der Waals surface area contributed by atoms with Gasteiger partial charge in [-0.15, -0.1) is 0 Å². The molecule has 1 N–H and O–H groups in total. The Hall–Kier alpha value is -3.73. The number of nitriles is 1. The lowest BCUT2D eigenvalue weighted by Crippen LogP contribution is -2.21. The van der Waals surface area contributed by atoms with Crippen LogP contribution in [0.2, 0.25) is 0 Å². The quantitative estimate of drug-likeness (QED) is 0.625. The van der Waals surface area contributed by atoms with Gasteiger partial charge in [-0.3, -0.25) is 4.79 Å². The normalized spacial score (nSPS) is 11.0. The molecular formula is C22H23N5O3. The van der Waals surface area contributed by atoms with Gasteiger partial charge in [0.05, 0.1) is 28.8 Å². The first-order valence-corrected chi connectivity index (χ1v) is 9.65. The van der Waals surface area contributed by atoms with E-state index in [0.717, 1.165) is 5.69 Å². The lowest BCUT2D eigenvalue weighted by atomic mass is 10.1. The van der Waals surface area contributed by atoms with Crippen LogP contribution < -0.4 is 5.32 Å². The minimum absolute atomic E-state index is 0.0829. The second-order valence-corrected chi connectivity index (χ2v) is 7.48. The lowest BCUT2D eigenvalue weighted by molar-refractivity contribution is -0.119. The molecule has 0 bridgehead atoms. The number of nitrogens with one attached hydrogen (secondary N) is 1. The third-order valence-electron chi connectivity index (χ3n) is 4.52. The highest BCUT2D eigenvalue weighted by atomic mass is 16.5. The van der Waals surface area contributed by atoms with E-state index in [1.54, 1.807) is 41.2 Å². The van der Waals surface area contributed by atoms with E-state index in [1.807, 2.05) is 33.8 Å². The van der Waals surface area contributed by atoms with Crippen LogP contribution in [-0.2, 0) is 9.53 Å². The van der Waals surface area contributed by atoms with E-state index in [2.05, 4.69) is 15.4 Å². The molecular weight excluding hydrogens is 382 g/mol. The van der Waals surface area contributed by atoms with Gasteiger partial charge < -0.3 is 10.1 Å². The SMILES string of the molecule is CC(C)c1cc(C(=O)OCC(=O)Nc2ccc(C#N)cc2)c2cnn(C(C)C)c2n1. The monoisotopic (exact) mass is 405 g/mol. The Morgan fingerprint density at radius 3 is 2.50 bits per heavy atom. The average Bonchev–Trinajstić information content (AvgIpc) is 3.16. The van der Waals surface area contributed by atoms with Crippen molar-refractivity contribution in [2.75, 3.05) is 11.9 Å². The predicted molar refractivity (Wildman–Crippen MR) is 112 cm³/mol. The number of rotatable bonds is 6. The number of esters is 1. The fourth-order valence-corrected chi connectivity index (χ4v) is 2.91. The highest BCUT2D eigenvalue weighted by molar-refractivity contribution is 6.03. The summed E-state index contributed by atoms with van der Waals surface area (Å²) in [7, 11) is 0. The minimum atomic E-state index is -0.609. The zero-order chi connectivity index (χ0) is 21.8. The van der Waals surface area contributed by atoms with Crippen molar-refractivity contribution in [1.29, 1.82) is 5.26 Å². The number of carbonyl (C=O) groups excluding carboxylic acids is 2. The Bertz CT molecular complexity index is 1120. The molecule has 2 aromatic heterocycles. The average molecular weight is 405 g/mol. The van der Waals surface area contributed by atoms with Crippen molar-refractivity contribution in [1.82, 2.24) is 14.8 Å². The van der Waals surface area contributed by atoms with E-state index in [9.17, 15) is 9.59 Å². The molecule has 0 unspecified atom stereocenters. The summed E-state index contributed by atoms with van der Waals surface area (Å²) in [4.78, 5) is 29.6. The van der Waals surface area contributed by atoms with Crippen LogP contribution in [0, 0.1) is 11.3 Å². The topological polar surface area (TPSA) is 110 Å². The third kappa shape index (κ3) is 4.46. The van der Waals surface area contributed by atoms with Crippen LogP contribution in [0.3, 0.4) is 0 Å². The fraction of sp³-hybridized carbons (Fsp3) is 0.318. The number of benzene rings is 1. The van der Waals surface area contributed by atoms with Crippen molar-refractivity contribution in [3.63, 3.8) is 0 Å². The molecule has 8 heteroatoms. The van der Waals surface area contributed by atoms with Crippen LogP contribution in [-0.4, -0.2) is 33.2 Å². The number of pyridine rings is 1. The van der Waals surface area contributed by atoms with E-state index >= 15 is 0 Å². The maximum atomic E-state index is 12.7. The Balaban J connectivity index is 1.77. The summed E-state index contributed by atoms with van der Waals surface area (Å²) in [6.07, 6.45) is 1.60. The van der Waals surface area contributed by atoms with Gasteiger partial charge >= 0.3 is 5.97 Å². The van der Waals surface area contributed by atoms with Gasteiger partial charge in [0.25, 0.3) is 5.91 Å². The van der Waals surface area contributed by atoms with Crippen LogP contribution in [0.1, 0.15) is 61.3 Å². The second kappa shape index (κ2) is 8.74. The molecule has 1 aromatic carbocycles. The van der Waals surface area contributed by atoms with Crippen molar-refractivity contribution in [3.8, 4) is 6.07 Å².